The number of hydrogen-bond donors (Lipinski definition) is 3. The van der Waals surface area contributed by atoms with Crippen molar-refractivity contribution in [1.82, 2.24) is 10.7 Å². The Kier molecular flexibility index (Phi) is 5.58. The highest BCUT2D eigenvalue weighted by Crippen LogP contribution is 2.12. The lowest BCUT2D eigenvalue weighted by molar-refractivity contribution is 0.621. The van der Waals surface area contributed by atoms with Gasteiger partial charge < -0.3 is 5.32 Å². The summed E-state index contributed by atoms with van der Waals surface area (Å²) < 4.78 is 12.8. The van der Waals surface area contributed by atoms with Crippen LogP contribution in [0.25, 0.3) is 0 Å². The smallest absolute Gasteiger partial charge is 0.206 e. The molecule has 0 bridgehead atoms. The highest BCUT2D eigenvalue weighted by atomic mass is 19.1. The van der Waals surface area contributed by atoms with E-state index >= 15 is 0 Å². The molecule has 4 nitrogen and oxygen atoms in total. The Morgan fingerprint density at radius 3 is 2.39 bits per heavy atom. The zero-order valence-corrected chi connectivity index (χ0v) is 11.1. The molecule has 0 fully saturated rings. The number of halogens is 1. The molecule has 18 heavy (non-hydrogen) atoms. The maximum atomic E-state index is 12.8. The third-order valence-corrected chi connectivity index (χ3v) is 2.47. The SMILES string of the molecule is CC(C)CN=C(NN)NC(C)c1ccc(F)cc1. The van der Waals surface area contributed by atoms with Crippen LogP contribution in [-0.4, -0.2) is 12.5 Å². The van der Waals surface area contributed by atoms with Gasteiger partial charge in [0, 0.05) is 6.54 Å². The first kappa shape index (κ1) is 14.4. The predicted octanol–water partition coefficient (Wildman–Crippen LogP) is 1.95. The van der Waals surface area contributed by atoms with Crippen molar-refractivity contribution in [1.29, 1.82) is 0 Å². The van der Waals surface area contributed by atoms with E-state index in [2.05, 4.69) is 29.6 Å². The second-order valence-corrected chi connectivity index (χ2v) is 4.65. The molecule has 0 aliphatic rings. The van der Waals surface area contributed by atoms with Crippen LogP contribution in [0.4, 0.5) is 4.39 Å². The number of nitrogens with two attached hydrogens (primary N) is 1. The largest absolute Gasteiger partial charge is 0.349 e. The average molecular weight is 252 g/mol. The van der Waals surface area contributed by atoms with Crippen LogP contribution >= 0.6 is 0 Å². The minimum atomic E-state index is -0.239. The van der Waals surface area contributed by atoms with E-state index in [1.807, 2.05) is 6.92 Å². The van der Waals surface area contributed by atoms with Gasteiger partial charge in [-0.15, -0.1) is 0 Å². The molecule has 1 aromatic carbocycles. The Morgan fingerprint density at radius 2 is 1.89 bits per heavy atom. The minimum absolute atomic E-state index is 0.00700. The standard InChI is InChI=1S/C13H21FN4/c1-9(2)8-16-13(18-15)17-10(3)11-4-6-12(14)7-5-11/h4-7,9-10H,8,15H2,1-3H3,(H2,16,17,18). The summed E-state index contributed by atoms with van der Waals surface area (Å²) in [6.45, 7) is 6.83. The van der Waals surface area contributed by atoms with E-state index in [0.717, 1.165) is 5.56 Å². The summed E-state index contributed by atoms with van der Waals surface area (Å²) in [5.74, 6) is 6.18. The first-order valence-corrected chi connectivity index (χ1v) is 6.06. The van der Waals surface area contributed by atoms with E-state index in [4.69, 9.17) is 5.84 Å². The van der Waals surface area contributed by atoms with Crippen LogP contribution in [0, 0.1) is 11.7 Å². The van der Waals surface area contributed by atoms with Gasteiger partial charge in [-0.1, -0.05) is 26.0 Å². The maximum Gasteiger partial charge on any atom is 0.206 e. The van der Waals surface area contributed by atoms with E-state index in [-0.39, 0.29) is 11.9 Å². The monoisotopic (exact) mass is 252 g/mol. The molecule has 100 valence electrons. The van der Waals surface area contributed by atoms with Crippen LogP contribution in [0.5, 0.6) is 0 Å². The molecule has 0 saturated carbocycles. The number of guanidine groups is 1. The molecule has 1 rings (SSSR count). The van der Waals surface area contributed by atoms with E-state index in [1.54, 1.807) is 12.1 Å². The molecular weight excluding hydrogens is 231 g/mol. The van der Waals surface area contributed by atoms with Gasteiger partial charge in [0.1, 0.15) is 5.82 Å². The highest BCUT2D eigenvalue weighted by molar-refractivity contribution is 5.79. The zero-order chi connectivity index (χ0) is 13.5. The lowest BCUT2D eigenvalue weighted by Gasteiger charge is -2.17. The van der Waals surface area contributed by atoms with Crippen LogP contribution in [-0.2, 0) is 0 Å². The number of nitrogens with zero attached hydrogens (tertiary/aromatic N) is 1. The molecule has 0 amide bonds. The molecule has 0 aromatic heterocycles. The number of benzene rings is 1. The lowest BCUT2D eigenvalue weighted by atomic mass is 10.1. The number of hydrazine groups is 1. The van der Waals surface area contributed by atoms with Crippen LogP contribution in [0.15, 0.2) is 29.3 Å². The number of hydrogen-bond acceptors (Lipinski definition) is 2. The summed E-state index contributed by atoms with van der Waals surface area (Å²) in [6, 6.07) is 6.36. The van der Waals surface area contributed by atoms with Gasteiger partial charge in [-0.2, -0.15) is 0 Å². The first-order chi connectivity index (χ1) is 8.52. The molecule has 0 spiro atoms. The van der Waals surface area contributed by atoms with Gasteiger partial charge in [0.25, 0.3) is 0 Å². The molecular formula is C13H21FN4. The van der Waals surface area contributed by atoms with Gasteiger partial charge in [-0.25, -0.2) is 10.2 Å². The van der Waals surface area contributed by atoms with Gasteiger partial charge >= 0.3 is 0 Å². The summed E-state index contributed by atoms with van der Waals surface area (Å²) in [4.78, 5) is 4.32. The summed E-state index contributed by atoms with van der Waals surface area (Å²) >= 11 is 0. The van der Waals surface area contributed by atoms with Gasteiger partial charge in [0.05, 0.1) is 6.04 Å². The normalized spacial score (nSPS) is 13.6. The van der Waals surface area contributed by atoms with E-state index < -0.39 is 0 Å². The van der Waals surface area contributed by atoms with Crippen molar-refractivity contribution in [3.05, 3.63) is 35.6 Å². The third kappa shape index (κ3) is 4.71. The Hall–Kier alpha value is -1.62. The maximum absolute atomic E-state index is 12.8. The van der Waals surface area contributed by atoms with Crippen molar-refractivity contribution in [2.45, 2.75) is 26.8 Å². The van der Waals surface area contributed by atoms with Gasteiger partial charge in [0.2, 0.25) is 5.96 Å². The topological polar surface area (TPSA) is 62.4 Å². The third-order valence-electron chi connectivity index (χ3n) is 2.47. The van der Waals surface area contributed by atoms with E-state index in [0.29, 0.717) is 18.4 Å². The fourth-order valence-corrected chi connectivity index (χ4v) is 1.45. The molecule has 0 aliphatic carbocycles. The van der Waals surface area contributed by atoms with Crippen LogP contribution in [0.3, 0.4) is 0 Å². The van der Waals surface area contributed by atoms with Crippen molar-refractivity contribution in [2.75, 3.05) is 6.54 Å². The van der Waals surface area contributed by atoms with Gasteiger partial charge in [-0.3, -0.25) is 10.4 Å². The second-order valence-electron chi connectivity index (χ2n) is 4.65. The zero-order valence-electron chi connectivity index (χ0n) is 11.1. The molecule has 0 heterocycles. The summed E-state index contributed by atoms with van der Waals surface area (Å²) in [5.41, 5.74) is 3.51. The van der Waals surface area contributed by atoms with Gasteiger partial charge in [0.15, 0.2) is 0 Å². The number of aliphatic imine (C=N–C) groups is 1. The number of rotatable bonds is 4. The quantitative estimate of drug-likeness (QED) is 0.332. The minimum Gasteiger partial charge on any atom is -0.349 e. The molecule has 4 N–H and O–H groups in total. The molecule has 0 saturated heterocycles. The van der Waals surface area contributed by atoms with E-state index in [1.165, 1.54) is 12.1 Å². The highest BCUT2D eigenvalue weighted by Gasteiger charge is 2.07. The van der Waals surface area contributed by atoms with Crippen LogP contribution < -0.4 is 16.6 Å². The van der Waals surface area contributed by atoms with Crippen molar-refractivity contribution < 1.29 is 4.39 Å². The molecule has 1 unspecified atom stereocenters. The number of nitrogens with one attached hydrogen (secondary N) is 2. The van der Waals surface area contributed by atoms with Gasteiger partial charge in [-0.05, 0) is 30.5 Å². The molecule has 0 radical (unpaired) electrons. The average Bonchev–Trinajstić information content (AvgIpc) is 2.34. The van der Waals surface area contributed by atoms with Crippen molar-refractivity contribution in [2.24, 2.45) is 16.8 Å². The summed E-state index contributed by atoms with van der Waals surface area (Å²) in [6.07, 6.45) is 0. The molecule has 0 aliphatic heterocycles. The Balaban J connectivity index is 2.64. The van der Waals surface area contributed by atoms with Crippen molar-refractivity contribution >= 4 is 5.96 Å². The Bertz CT molecular complexity index is 386. The second kappa shape index (κ2) is 6.96. The van der Waals surface area contributed by atoms with Crippen LogP contribution in [0.1, 0.15) is 32.4 Å². The molecule has 5 heteroatoms. The molecule has 1 aromatic rings. The fourth-order valence-electron chi connectivity index (χ4n) is 1.45. The molecule has 1 atom stereocenters. The summed E-state index contributed by atoms with van der Waals surface area (Å²) in [7, 11) is 0. The predicted molar refractivity (Wildman–Crippen MR) is 72.4 cm³/mol. The van der Waals surface area contributed by atoms with Crippen LogP contribution in [0.2, 0.25) is 0 Å². The Labute approximate surface area is 107 Å². The lowest BCUT2D eigenvalue weighted by Crippen LogP contribution is -2.42. The van der Waals surface area contributed by atoms with Crippen molar-refractivity contribution in [3.8, 4) is 0 Å². The van der Waals surface area contributed by atoms with E-state index in [9.17, 15) is 4.39 Å². The van der Waals surface area contributed by atoms with Crippen molar-refractivity contribution in [3.63, 3.8) is 0 Å². The Morgan fingerprint density at radius 1 is 1.28 bits per heavy atom. The fraction of sp³-hybridized carbons (Fsp3) is 0.462. The summed E-state index contributed by atoms with van der Waals surface area (Å²) in [5, 5.41) is 3.15. The first-order valence-electron chi connectivity index (χ1n) is 6.06.